The van der Waals surface area contributed by atoms with Crippen LogP contribution >= 0.6 is 11.8 Å². The lowest BCUT2D eigenvalue weighted by molar-refractivity contribution is 0.0945. The van der Waals surface area contributed by atoms with E-state index < -0.39 is 0 Å². The van der Waals surface area contributed by atoms with Crippen molar-refractivity contribution in [3.63, 3.8) is 0 Å². The molecule has 4 nitrogen and oxygen atoms in total. The summed E-state index contributed by atoms with van der Waals surface area (Å²) in [5.74, 6) is 1.15. The van der Waals surface area contributed by atoms with Crippen LogP contribution in [0.4, 0.5) is 5.69 Å². The summed E-state index contributed by atoms with van der Waals surface area (Å²) in [6.07, 6.45) is 7.27. The Kier molecular flexibility index (Phi) is 5.97. The molecule has 1 aromatic heterocycles. The molecular formula is C12H21N3OS. The quantitative estimate of drug-likeness (QED) is 0.731. The van der Waals surface area contributed by atoms with E-state index in [9.17, 15) is 4.79 Å². The van der Waals surface area contributed by atoms with Crippen LogP contribution in [-0.2, 0) is 7.05 Å². The summed E-state index contributed by atoms with van der Waals surface area (Å²) in [4.78, 5) is 11.8. The number of hydrogen-bond acceptors (Lipinski definition) is 3. The molecule has 0 fully saturated rings. The van der Waals surface area contributed by atoms with Crippen LogP contribution in [0.25, 0.3) is 0 Å². The summed E-state index contributed by atoms with van der Waals surface area (Å²) < 4.78 is 1.75. The molecule has 0 spiro atoms. The Morgan fingerprint density at radius 3 is 2.82 bits per heavy atom. The van der Waals surface area contributed by atoms with Crippen LogP contribution in [0.3, 0.4) is 0 Å². The van der Waals surface area contributed by atoms with E-state index in [0.717, 1.165) is 19.4 Å². The second-order valence-corrected chi connectivity index (χ2v) is 5.06. The zero-order chi connectivity index (χ0) is 12.7. The number of thioether (sulfide) groups is 1. The lowest BCUT2D eigenvalue weighted by Crippen LogP contribution is -2.26. The zero-order valence-electron chi connectivity index (χ0n) is 10.5. The van der Waals surface area contributed by atoms with E-state index >= 15 is 0 Å². The minimum Gasteiger partial charge on any atom is -0.397 e. The predicted octanol–water partition coefficient (Wildman–Crippen LogP) is 1.87. The molecule has 17 heavy (non-hydrogen) atoms. The van der Waals surface area contributed by atoms with Crippen molar-refractivity contribution in [1.29, 1.82) is 0 Å². The molecule has 1 rings (SSSR count). The average molecular weight is 255 g/mol. The maximum Gasteiger partial charge on any atom is 0.267 e. The smallest absolute Gasteiger partial charge is 0.267 e. The number of rotatable bonds is 7. The third kappa shape index (κ3) is 4.73. The van der Waals surface area contributed by atoms with Crippen molar-refractivity contribution < 1.29 is 4.79 Å². The van der Waals surface area contributed by atoms with Gasteiger partial charge in [0.1, 0.15) is 5.69 Å². The molecule has 0 aromatic carbocycles. The number of aryl methyl sites for hydroxylation is 1. The largest absolute Gasteiger partial charge is 0.397 e. The third-order valence-corrected chi connectivity index (χ3v) is 3.27. The van der Waals surface area contributed by atoms with Gasteiger partial charge in [0, 0.05) is 19.8 Å². The zero-order valence-corrected chi connectivity index (χ0v) is 11.3. The van der Waals surface area contributed by atoms with Gasteiger partial charge in [-0.05, 0) is 30.9 Å². The van der Waals surface area contributed by atoms with Crippen LogP contribution in [0.2, 0.25) is 0 Å². The lowest BCUT2D eigenvalue weighted by atomic mass is 10.2. The molecule has 1 heterocycles. The Labute approximate surface area is 107 Å². The van der Waals surface area contributed by atoms with Gasteiger partial charge < -0.3 is 15.6 Å². The van der Waals surface area contributed by atoms with Crippen LogP contribution in [0.1, 0.15) is 29.8 Å². The maximum atomic E-state index is 11.8. The summed E-state index contributed by atoms with van der Waals surface area (Å²) in [5, 5.41) is 2.91. The minimum absolute atomic E-state index is 0.0472. The number of carbonyl (C=O) groups is 1. The molecule has 1 aromatic rings. The minimum atomic E-state index is -0.0472. The molecule has 5 heteroatoms. The van der Waals surface area contributed by atoms with E-state index in [1.165, 1.54) is 12.2 Å². The van der Waals surface area contributed by atoms with Gasteiger partial charge in [-0.15, -0.1) is 0 Å². The first-order valence-electron chi connectivity index (χ1n) is 5.84. The molecule has 0 aliphatic carbocycles. The average Bonchev–Trinajstić information content (AvgIpc) is 2.62. The highest BCUT2D eigenvalue weighted by Crippen LogP contribution is 2.08. The number of unbranched alkanes of at least 4 members (excludes halogenated alkanes) is 2. The molecule has 0 radical (unpaired) electrons. The summed E-state index contributed by atoms with van der Waals surface area (Å²) in [7, 11) is 1.82. The number of anilines is 1. The standard InChI is InChI=1S/C12H21N3OS/c1-15-9-10(13)8-11(15)12(16)14-6-4-3-5-7-17-2/h8-9H,3-7,13H2,1-2H3,(H,14,16). The van der Waals surface area contributed by atoms with Gasteiger partial charge in [0.2, 0.25) is 0 Å². The van der Waals surface area contributed by atoms with Crippen molar-refractivity contribution in [1.82, 2.24) is 9.88 Å². The van der Waals surface area contributed by atoms with Crippen molar-refractivity contribution in [2.24, 2.45) is 7.05 Å². The highest BCUT2D eigenvalue weighted by Gasteiger charge is 2.09. The van der Waals surface area contributed by atoms with Gasteiger partial charge in [0.05, 0.1) is 5.69 Å². The number of nitrogens with one attached hydrogen (secondary N) is 1. The van der Waals surface area contributed by atoms with E-state index in [1.54, 1.807) is 16.8 Å². The highest BCUT2D eigenvalue weighted by atomic mass is 32.2. The number of nitrogens with two attached hydrogens (primary N) is 1. The van der Waals surface area contributed by atoms with E-state index in [1.807, 2.05) is 18.8 Å². The molecular weight excluding hydrogens is 234 g/mol. The van der Waals surface area contributed by atoms with E-state index in [4.69, 9.17) is 5.73 Å². The molecule has 0 unspecified atom stereocenters. The van der Waals surface area contributed by atoms with E-state index in [0.29, 0.717) is 11.4 Å². The topological polar surface area (TPSA) is 60.1 Å². The summed E-state index contributed by atoms with van der Waals surface area (Å²) in [6.45, 7) is 0.734. The molecule has 3 N–H and O–H groups in total. The van der Waals surface area contributed by atoms with E-state index in [-0.39, 0.29) is 5.91 Å². The molecule has 96 valence electrons. The van der Waals surface area contributed by atoms with Crippen LogP contribution in [0.15, 0.2) is 12.3 Å². The molecule has 0 saturated carbocycles. The Bertz CT molecular complexity index is 363. The molecule has 1 amide bonds. The molecule has 0 atom stereocenters. The summed E-state index contributed by atoms with van der Waals surface area (Å²) in [6, 6.07) is 1.70. The van der Waals surface area contributed by atoms with Crippen molar-refractivity contribution in [3.05, 3.63) is 18.0 Å². The van der Waals surface area contributed by atoms with Gasteiger partial charge in [0.15, 0.2) is 0 Å². The molecule has 0 aliphatic heterocycles. The van der Waals surface area contributed by atoms with Crippen molar-refractivity contribution in [2.75, 3.05) is 24.3 Å². The van der Waals surface area contributed by atoms with Gasteiger partial charge in [0.25, 0.3) is 5.91 Å². The molecule has 0 bridgehead atoms. The third-order valence-electron chi connectivity index (χ3n) is 2.57. The fourth-order valence-electron chi connectivity index (χ4n) is 1.66. The summed E-state index contributed by atoms with van der Waals surface area (Å²) >= 11 is 1.86. The van der Waals surface area contributed by atoms with Gasteiger partial charge >= 0.3 is 0 Å². The lowest BCUT2D eigenvalue weighted by Gasteiger charge is -2.05. The van der Waals surface area contributed by atoms with Crippen LogP contribution < -0.4 is 11.1 Å². The molecule has 0 saturated heterocycles. The van der Waals surface area contributed by atoms with Crippen LogP contribution in [0, 0.1) is 0 Å². The first-order valence-corrected chi connectivity index (χ1v) is 7.23. The normalized spacial score (nSPS) is 10.5. The maximum absolute atomic E-state index is 11.8. The second-order valence-electron chi connectivity index (χ2n) is 4.08. The fourth-order valence-corrected chi connectivity index (χ4v) is 2.15. The highest BCUT2D eigenvalue weighted by molar-refractivity contribution is 7.98. The second kappa shape index (κ2) is 7.27. The van der Waals surface area contributed by atoms with Gasteiger partial charge in [-0.25, -0.2) is 0 Å². The Morgan fingerprint density at radius 1 is 1.47 bits per heavy atom. The number of hydrogen-bond donors (Lipinski definition) is 2. The van der Waals surface area contributed by atoms with Crippen molar-refractivity contribution in [2.45, 2.75) is 19.3 Å². The number of aromatic nitrogens is 1. The van der Waals surface area contributed by atoms with Gasteiger partial charge in [-0.1, -0.05) is 6.42 Å². The van der Waals surface area contributed by atoms with Crippen molar-refractivity contribution in [3.8, 4) is 0 Å². The number of amides is 1. The fraction of sp³-hybridized carbons (Fsp3) is 0.583. The predicted molar refractivity (Wildman–Crippen MR) is 74.4 cm³/mol. The van der Waals surface area contributed by atoms with Gasteiger partial charge in [-0.3, -0.25) is 4.79 Å². The Balaban J connectivity index is 2.23. The van der Waals surface area contributed by atoms with E-state index in [2.05, 4.69) is 11.6 Å². The molecule has 0 aliphatic rings. The monoisotopic (exact) mass is 255 g/mol. The first kappa shape index (κ1) is 14.0. The summed E-state index contributed by atoms with van der Waals surface area (Å²) in [5.41, 5.74) is 6.86. The number of nitrogen functional groups attached to an aromatic ring is 1. The number of carbonyl (C=O) groups excluding carboxylic acids is 1. The number of nitrogens with zero attached hydrogens (tertiary/aromatic N) is 1. The Hall–Kier alpha value is -1.10. The van der Waals surface area contributed by atoms with Gasteiger partial charge in [-0.2, -0.15) is 11.8 Å². The van der Waals surface area contributed by atoms with Crippen LogP contribution in [0.5, 0.6) is 0 Å². The first-order chi connectivity index (χ1) is 8.15. The SMILES string of the molecule is CSCCCCCNC(=O)c1cc(N)cn1C. The van der Waals surface area contributed by atoms with Crippen LogP contribution in [-0.4, -0.2) is 29.0 Å². The van der Waals surface area contributed by atoms with Crippen molar-refractivity contribution >= 4 is 23.4 Å². The Morgan fingerprint density at radius 2 is 2.24 bits per heavy atom.